The quantitative estimate of drug-likeness (QED) is 0.906. The summed E-state index contributed by atoms with van der Waals surface area (Å²) in [5, 5.41) is 3.70. The van der Waals surface area contributed by atoms with Gasteiger partial charge in [0.1, 0.15) is 0 Å². The summed E-state index contributed by atoms with van der Waals surface area (Å²) < 4.78 is 0. The highest BCUT2D eigenvalue weighted by Crippen LogP contribution is 2.20. The molecule has 2 rings (SSSR count). The van der Waals surface area contributed by atoms with Gasteiger partial charge < -0.3 is 10.2 Å². The van der Waals surface area contributed by atoms with Gasteiger partial charge in [0.25, 0.3) is 0 Å². The molecule has 1 aliphatic rings. The number of benzene rings is 1. The Balaban J connectivity index is 1.89. The fourth-order valence-electron chi connectivity index (χ4n) is 2.88. The van der Waals surface area contributed by atoms with Gasteiger partial charge in [-0.1, -0.05) is 24.3 Å². The number of amides is 1. The standard InChI is InChI=1S/C16H24N2O/c1-12-6-4-5-7-16(12)13(2)17-15-8-10-18(11-9-15)14(3)19/h4-7,13,15,17H,8-11H2,1-3H3/t13-/m0/s1. The number of likely N-dealkylation sites (tertiary alicyclic amines) is 1. The SMILES string of the molecule is CC(=O)N1CCC(N[C@@H](C)c2ccccc2C)CC1. The van der Waals surface area contributed by atoms with Crippen molar-refractivity contribution in [3.8, 4) is 0 Å². The van der Waals surface area contributed by atoms with E-state index in [1.807, 2.05) is 4.90 Å². The minimum Gasteiger partial charge on any atom is -0.343 e. The number of carbonyl (C=O) groups excluding carboxylic acids is 1. The topological polar surface area (TPSA) is 32.3 Å². The summed E-state index contributed by atoms with van der Waals surface area (Å²) in [6.07, 6.45) is 2.10. The van der Waals surface area contributed by atoms with Crippen LogP contribution in [0.5, 0.6) is 0 Å². The lowest BCUT2D eigenvalue weighted by Crippen LogP contribution is -2.44. The van der Waals surface area contributed by atoms with Gasteiger partial charge in [0.05, 0.1) is 0 Å². The highest BCUT2D eigenvalue weighted by Gasteiger charge is 2.22. The van der Waals surface area contributed by atoms with Crippen LogP contribution in [0, 0.1) is 6.92 Å². The molecule has 1 aromatic rings. The second kappa shape index (κ2) is 6.20. The van der Waals surface area contributed by atoms with Gasteiger partial charge in [-0.15, -0.1) is 0 Å². The van der Waals surface area contributed by atoms with Crippen molar-refractivity contribution in [1.82, 2.24) is 10.2 Å². The van der Waals surface area contributed by atoms with Crippen molar-refractivity contribution in [3.05, 3.63) is 35.4 Å². The second-order valence-corrected chi connectivity index (χ2v) is 5.53. The Morgan fingerprint density at radius 3 is 2.53 bits per heavy atom. The molecule has 0 spiro atoms. The van der Waals surface area contributed by atoms with Gasteiger partial charge in [-0.3, -0.25) is 4.79 Å². The van der Waals surface area contributed by atoms with Gasteiger partial charge in [0, 0.05) is 32.1 Å². The van der Waals surface area contributed by atoms with E-state index >= 15 is 0 Å². The second-order valence-electron chi connectivity index (χ2n) is 5.53. The first kappa shape index (κ1) is 14.1. The van der Waals surface area contributed by atoms with Crippen LogP contribution in [-0.4, -0.2) is 29.9 Å². The minimum absolute atomic E-state index is 0.199. The zero-order valence-electron chi connectivity index (χ0n) is 12.1. The molecule has 3 heteroatoms. The largest absolute Gasteiger partial charge is 0.343 e. The van der Waals surface area contributed by atoms with E-state index < -0.39 is 0 Å². The van der Waals surface area contributed by atoms with Crippen LogP contribution in [0.3, 0.4) is 0 Å². The molecule has 0 aromatic heterocycles. The molecular weight excluding hydrogens is 236 g/mol. The molecule has 0 radical (unpaired) electrons. The van der Waals surface area contributed by atoms with E-state index in [4.69, 9.17) is 0 Å². The van der Waals surface area contributed by atoms with E-state index in [1.165, 1.54) is 11.1 Å². The number of nitrogens with one attached hydrogen (secondary N) is 1. The molecule has 19 heavy (non-hydrogen) atoms. The lowest BCUT2D eigenvalue weighted by Gasteiger charge is -2.33. The molecule has 104 valence electrons. The van der Waals surface area contributed by atoms with Crippen molar-refractivity contribution < 1.29 is 4.79 Å². The lowest BCUT2D eigenvalue weighted by atomic mass is 9.99. The van der Waals surface area contributed by atoms with Crippen LogP contribution >= 0.6 is 0 Å². The van der Waals surface area contributed by atoms with E-state index in [9.17, 15) is 4.79 Å². The number of piperidine rings is 1. The van der Waals surface area contributed by atoms with E-state index in [1.54, 1.807) is 6.92 Å². The summed E-state index contributed by atoms with van der Waals surface area (Å²) in [4.78, 5) is 13.2. The molecule has 0 aliphatic carbocycles. The van der Waals surface area contributed by atoms with E-state index in [0.717, 1.165) is 25.9 Å². The third-order valence-electron chi connectivity index (χ3n) is 4.08. The van der Waals surface area contributed by atoms with Crippen LogP contribution in [0.25, 0.3) is 0 Å². The third-order valence-corrected chi connectivity index (χ3v) is 4.08. The minimum atomic E-state index is 0.199. The molecule has 1 fully saturated rings. The number of carbonyl (C=O) groups is 1. The first-order chi connectivity index (χ1) is 9.08. The van der Waals surface area contributed by atoms with Crippen LogP contribution in [0.4, 0.5) is 0 Å². The van der Waals surface area contributed by atoms with Gasteiger partial charge in [-0.2, -0.15) is 0 Å². The fourth-order valence-corrected chi connectivity index (χ4v) is 2.88. The maximum Gasteiger partial charge on any atom is 0.219 e. The number of rotatable bonds is 3. The third kappa shape index (κ3) is 3.57. The zero-order chi connectivity index (χ0) is 13.8. The van der Waals surface area contributed by atoms with Gasteiger partial charge >= 0.3 is 0 Å². The van der Waals surface area contributed by atoms with Gasteiger partial charge in [-0.25, -0.2) is 0 Å². The first-order valence-corrected chi connectivity index (χ1v) is 7.15. The molecule has 1 aromatic carbocycles. The summed E-state index contributed by atoms with van der Waals surface area (Å²) >= 11 is 0. The molecule has 1 aliphatic heterocycles. The number of aryl methyl sites for hydroxylation is 1. The molecule has 0 bridgehead atoms. The Morgan fingerprint density at radius 1 is 1.32 bits per heavy atom. The predicted molar refractivity (Wildman–Crippen MR) is 78.0 cm³/mol. The number of hydrogen-bond donors (Lipinski definition) is 1. The van der Waals surface area contributed by atoms with Gasteiger partial charge in [0.15, 0.2) is 0 Å². The molecule has 1 saturated heterocycles. The fraction of sp³-hybridized carbons (Fsp3) is 0.562. The Morgan fingerprint density at radius 2 is 1.95 bits per heavy atom. The van der Waals surface area contributed by atoms with E-state index in [2.05, 4.69) is 43.4 Å². The normalized spacial score (nSPS) is 18.4. The maximum atomic E-state index is 11.3. The Labute approximate surface area is 116 Å². The van der Waals surface area contributed by atoms with E-state index in [0.29, 0.717) is 12.1 Å². The zero-order valence-corrected chi connectivity index (χ0v) is 12.1. The first-order valence-electron chi connectivity index (χ1n) is 7.15. The van der Waals surface area contributed by atoms with Crippen LogP contribution in [0.15, 0.2) is 24.3 Å². The van der Waals surface area contributed by atoms with Crippen molar-refractivity contribution >= 4 is 5.91 Å². The average Bonchev–Trinajstić information content (AvgIpc) is 2.39. The highest BCUT2D eigenvalue weighted by molar-refractivity contribution is 5.73. The molecule has 1 amide bonds. The Kier molecular flexibility index (Phi) is 4.59. The van der Waals surface area contributed by atoms with Crippen molar-refractivity contribution in [2.24, 2.45) is 0 Å². The van der Waals surface area contributed by atoms with Crippen molar-refractivity contribution in [2.45, 2.75) is 45.7 Å². The molecule has 1 N–H and O–H groups in total. The summed E-state index contributed by atoms with van der Waals surface area (Å²) in [5.74, 6) is 0.199. The Hall–Kier alpha value is -1.35. The van der Waals surface area contributed by atoms with Crippen LogP contribution in [0.1, 0.15) is 43.9 Å². The summed E-state index contributed by atoms with van der Waals surface area (Å²) in [6, 6.07) is 9.42. The number of hydrogen-bond acceptors (Lipinski definition) is 2. The van der Waals surface area contributed by atoms with Gasteiger partial charge in [-0.05, 0) is 37.8 Å². The van der Waals surface area contributed by atoms with Crippen molar-refractivity contribution in [1.29, 1.82) is 0 Å². The van der Waals surface area contributed by atoms with Crippen molar-refractivity contribution in [2.75, 3.05) is 13.1 Å². The highest BCUT2D eigenvalue weighted by atomic mass is 16.2. The van der Waals surface area contributed by atoms with Crippen molar-refractivity contribution in [3.63, 3.8) is 0 Å². The molecule has 1 atom stereocenters. The summed E-state index contributed by atoms with van der Waals surface area (Å²) in [7, 11) is 0. The monoisotopic (exact) mass is 260 g/mol. The molecule has 1 heterocycles. The molecule has 3 nitrogen and oxygen atoms in total. The maximum absolute atomic E-state index is 11.3. The Bertz CT molecular complexity index is 436. The molecule has 0 saturated carbocycles. The van der Waals surface area contributed by atoms with E-state index in [-0.39, 0.29) is 5.91 Å². The van der Waals surface area contributed by atoms with Crippen LogP contribution in [0.2, 0.25) is 0 Å². The number of nitrogens with zero attached hydrogens (tertiary/aromatic N) is 1. The summed E-state index contributed by atoms with van der Waals surface area (Å²) in [5.41, 5.74) is 2.71. The molecular formula is C16H24N2O. The van der Waals surface area contributed by atoms with Gasteiger partial charge in [0.2, 0.25) is 5.91 Å². The lowest BCUT2D eigenvalue weighted by molar-refractivity contribution is -0.129. The molecule has 0 unspecified atom stereocenters. The summed E-state index contributed by atoms with van der Waals surface area (Å²) in [6.45, 7) is 7.80. The average molecular weight is 260 g/mol. The van der Waals surface area contributed by atoms with Crippen LogP contribution in [-0.2, 0) is 4.79 Å². The predicted octanol–water partition coefficient (Wildman–Crippen LogP) is 2.66. The smallest absolute Gasteiger partial charge is 0.219 e. The van der Waals surface area contributed by atoms with Crippen LogP contribution < -0.4 is 5.32 Å².